The minimum absolute atomic E-state index is 0.186. The van der Waals surface area contributed by atoms with Gasteiger partial charge in [-0.05, 0) is 42.6 Å². The van der Waals surface area contributed by atoms with Crippen molar-refractivity contribution < 1.29 is 9.53 Å². The first-order valence-corrected chi connectivity index (χ1v) is 12.4. The second-order valence-corrected chi connectivity index (χ2v) is 11.4. The standard InChI is InChI=1S/C22H36O2Si/c1-5-12-21(16-18-24-25(6-2,7-3)8-4)22(15-17-23)19-20-13-10-9-11-14-20/h9-11,13-14,16,18-19,21,23H,5-8,12,15,17H2,1-4H3/b18-16-,22-19+. The summed E-state index contributed by atoms with van der Waals surface area (Å²) in [7, 11) is -1.59. The van der Waals surface area contributed by atoms with Gasteiger partial charge in [-0.25, -0.2) is 0 Å². The van der Waals surface area contributed by atoms with Gasteiger partial charge in [-0.2, -0.15) is 0 Å². The van der Waals surface area contributed by atoms with Crippen molar-refractivity contribution in [1.29, 1.82) is 0 Å². The molecule has 0 saturated heterocycles. The van der Waals surface area contributed by atoms with Crippen molar-refractivity contribution in [3.8, 4) is 0 Å². The Bertz CT molecular complexity index is 510. The number of aliphatic hydroxyl groups excluding tert-OH is 1. The van der Waals surface area contributed by atoms with Crippen molar-refractivity contribution in [1.82, 2.24) is 0 Å². The van der Waals surface area contributed by atoms with Gasteiger partial charge in [0.25, 0.3) is 0 Å². The van der Waals surface area contributed by atoms with Crippen LogP contribution in [-0.2, 0) is 4.43 Å². The van der Waals surface area contributed by atoms with Crippen LogP contribution in [0.5, 0.6) is 0 Å². The van der Waals surface area contributed by atoms with E-state index in [2.05, 4.69) is 64.1 Å². The molecule has 1 aromatic rings. The van der Waals surface area contributed by atoms with Gasteiger partial charge in [0.2, 0.25) is 8.32 Å². The third kappa shape index (κ3) is 7.21. The van der Waals surface area contributed by atoms with Gasteiger partial charge in [0, 0.05) is 12.5 Å². The van der Waals surface area contributed by atoms with Gasteiger partial charge in [0.15, 0.2) is 0 Å². The summed E-state index contributed by atoms with van der Waals surface area (Å²) in [6.07, 6.45) is 9.32. The van der Waals surface area contributed by atoms with Gasteiger partial charge in [0.1, 0.15) is 0 Å². The Morgan fingerprint density at radius 3 is 2.24 bits per heavy atom. The molecule has 0 heterocycles. The number of aliphatic hydroxyl groups is 1. The predicted octanol–water partition coefficient (Wildman–Crippen LogP) is 6.40. The van der Waals surface area contributed by atoms with E-state index in [0.717, 1.165) is 31.0 Å². The fraction of sp³-hybridized carbons (Fsp3) is 0.545. The van der Waals surface area contributed by atoms with Gasteiger partial charge < -0.3 is 9.53 Å². The first-order chi connectivity index (χ1) is 12.1. The van der Waals surface area contributed by atoms with E-state index in [1.807, 2.05) is 12.3 Å². The second kappa shape index (κ2) is 12.1. The summed E-state index contributed by atoms with van der Waals surface area (Å²) in [6, 6.07) is 13.8. The Kier molecular flexibility index (Phi) is 10.5. The van der Waals surface area contributed by atoms with Crippen molar-refractivity contribution in [2.75, 3.05) is 6.61 Å². The van der Waals surface area contributed by atoms with Crippen LogP contribution in [0, 0.1) is 5.92 Å². The highest BCUT2D eigenvalue weighted by Gasteiger charge is 2.29. The van der Waals surface area contributed by atoms with Gasteiger partial charge in [-0.15, -0.1) is 0 Å². The Labute approximate surface area is 155 Å². The van der Waals surface area contributed by atoms with Gasteiger partial charge >= 0.3 is 0 Å². The molecule has 0 fully saturated rings. The van der Waals surface area contributed by atoms with Gasteiger partial charge in [-0.1, -0.05) is 76.1 Å². The van der Waals surface area contributed by atoms with Crippen molar-refractivity contribution in [2.45, 2.75) is 65.1 Å². The van der Waals surface area contributed by atoms with E-state index in [4.69, 9.17) is 4.43 Å². The molecule has 0 aliphatic rings. The lowest BCUT2D eigenvalue weighted by atomic mass is 9.90. The molecule has 1 atom stereocenters. The van der Waals surface area contributed by atoms with Crippen LogP contribution in [0.25, 0.3) is 6.08 Å². The summed E-state index contributed by atoms with van der Waals surface area (Å²) in [5.41, 5.74) is 2.48. The molecule has 0 aliphatic carbocycles. The molecule has 1 aromatic carbocycles. The minimum Gasteiger partial charge on any atom is -0.549 e. The van der Waals surface area contributed by atoms with Crippen LogP contribution >= 0.6 is 0 Å². The maximum Gasteiger partial charge on any atom is 0.249 e. The Balaban J connectivity index is 2.97. The van der Waals surface area contributed by atoms with E-state index in [1.165, 1.54) is 11.1 Å². The molecule has 1 unspecified atom stereocenters. The molecule has 0 aromatic heterocycles. The quantitative estimate of drug-likeness (QED) is 0.345. The lowest BCUT2D eigenvalue weighted by molar-refractivity contribution is 0.295. The number of rotatable bonds is 12. The molecule has 0 saturated carbocycles. The summed E-state index contributed by atoms with van der Waals surface area (Å²) in [5, 5.41) is 9.51. The molecule has 0 radical (unpaired) electrons. The first kappa shape index (κ1) is 21.7. The van der Waals surface area contributed by atoms with E-state index in [9.17, 15) is 5.11 Å². The number of allylic oxidation sites excluding steroid dienone is 1. The smallest absolute Gasteiger partial charge is 0.249 e. The molecule has 1 rings (SSSR count). The normalized spacial score (nSPS) is 14.0. The topological polar surface area (TPSA) is 29.5 Å². The zero-order valence-corrected chi connectivity index (χ0v) is 17.5. The van der Waals surface area contributed by atoms with Crippen molar-refractivity contribution >= 4 is 14.4 Å². The van der Waals surface area contributed by atoms with E-state index in [-0.39, 0.29) is 6.61 Å². The lowest BCUT2D eigenvalue weighted by Gasteiger charge is -2.27. The highest BCUT2D eigenvalue weighted by Crippen LogP contribution is 2.26. The zero-order valence-electron chi connectivity index (χ0n) is 16.5. The minimum atomic E-state index is -1.59. The van der Waals surface area contributed by atoms with E-state index in [1.54, 1.807) is 0 Å². The molecular weight excluding hydrogens is 324 g/mol. The average molecular weight is 361 g/mol. The predicted molar refractivity (Wildman–Crippen MR) is 112 cm³/mol. The van der Waals surface area contributed by atoms with Crippen LogP contribution in [0.2, 0.25) is 18.1 Å². The van der Waals surface area contributed by atoms with Crippen LogP contribution in [0.4, 0.5) is 0 Å². The fourth-order valence-corrected chi connectivity index (χ4v) is 5.62. The van der Waals surface area contributed by atoms with Crippen molar-refractivity contribution in [3.63, 3.8) is 0 Å². The molecule has 0 bridgehead atoms. The molecule has 3 heteroatoms. The van der Waals surface area contributed by atoms with Crippen LogP contribution < -0.4 is 0 Å². The average Bonchev–Trinajstić information content (AvgIpc) is 2.65. The molecular formula is C22H36O2Si. The summed E-state index contributed by atoms with van der Waals surface area (Å²) >= 11 is 0. The Morgan fingerprint density at radius 2 is 1.72 bits per heavy atom. The number of hydrogen-bond acceptors (Lipinski definition) is 2. The third-order valence-corrected chi connectivity index (χ3v) is 9.69. The SMILES string of the molecule is CCCC(/C=C\O[Si](CC)(CC)CC)/C(=C/c1ccccc1)CCO. The van der Waals surface area contributed by atoms with E-state index in [0.29, 0.717) is 12.3 Å². The highest BCUT2D eigenvalue weighted by molar-refractivity contribution is 6.73. The molecule has 25 heavy (non-hydrogen) atoms. The van der Waals surface area contributed by atoms with Gasteiger partial charge in [-0.3, -0.25) is 0 Å². The fourth-order valence-electron chi connectivity index (χ4n) is 3.25. The monoisotopic (exact) mass is 360 g/mol. The Hall–Kier alpha value is -1.32. The van der Waals surface area contributed by atoms with E-state index < -0.39 is 8.32 Å². The van der Waals surface area contributed by atoms with Gasteiger partial charge in [0.05, 0.1) is 6.26 Å². The molecule has 0 amide bonds. The molecule has 1 N–H and O–H groups in total. The highest BCUT2D eigenvalue weighted by atomic mass is 28.4. The van der Waals surface area contributed by atoms with Crippen LogP contribution in [-0.4, -0.2) is 20.0 Å². The molecule has 140 valence electrons. The number of hydrogen-bond donors (Lipinski definition) is 1. The number of benzene rings is 1. The van der Waals surface area contributed by atoms with Crippen LogP contribution in [0.1, 0.15) is 52.5 Å². The summed E-state index contributed by atoms with van der Waals surface area (Å²) < 4.78 is 6.30. The summed E-state index contributed by atoms with van der Waals surface area (Å²) in [4.78, 5) is 0. The zero-order chi connectivity index (χ0) is 18.5. The largest absolute Gasteiger partial charge is 0.549 e. The summed E-state index contributed by atoms with van der Waals surface area (Å²) in [6.45, 7) is 9.16. The third-order valence-electron chi connectivity index (χ3n) is 5.19. The molecule has 0 aliphatic heterocycles. The van der Waals surface area contributed by atoms with E-state index >= 15 is 0 Å². The second-order valence-electron chi connectivity index (χ2n) is 6.69. The summed E-state index contributed by atoms with van der Waals surface area (Å²) in [5.74, 6) is 0.328. The Morgan fingerprint density at radius 1 is 1.08 bits per heavy atom. The first-order valence-electron chi connectivity index (χ1n) is 9.85. The van der Waals surface area contributed by atoms with Crippen LogP contribution in [0.3, 0.4) is 0 Å². The maximum absolute atomic E-state index is 9.51. The maximum atomic E-state index is 9.51. The molecule has 0 spiro atoms. The van der Waals surface area contributed by atoms with Crippen molar-refractivity contribution in [3.05, 3.63) is 53.8 Å². The molecule has 2 nitrogen and oxygen atoms in total. The van der Waals surface area contributed by atoms with Crippen LogP contribution in [0.15, 0.2) is 48.2 Å². The van der Waals surface area contributed by atoms with Crippen molar-refractivity contribution in [2.24, 2.45) is 5.92 Å². The lowest BCUT2D eigenvalue weighted by Crippen LogP contribution is -2.33.